The summed E-state index contributed by atoms with van der Waals surface area (Å²) in [6.45, 7) is 0.291. The van der Waals surface area contributed by atoms with Gasteiger partial charge in [0.25, 0.3) is 0 Å². The Balaban J connectivity index is 1.70. The number of piperidine rings is 1. The first kappa shape index (κ1) is 24.2. The van der Waals surface area contributed by atoms with Gasteiger partial charge in [-0.25, -0.2) is 8.42 Å². The number of Topliss-reactive ketones (excluding diaryl/α,β-unsaturated/α-hetero) is 1. The number of benzene rings is 1. The van der Waals surface area contributed by atoms with Crippen molar-refractivity contribution in [3.8, 4) is 0 Å². The summed E-state index contributed by atoms with van der Waals surface area (Å²) in [4.78, 5) is 40.1. The zero-order chi connectivity index (χ0) is 23.4. The molecule has 1 saturated heterocycles. The molecule has 0 spiro atoms. The summed E-state index contributed by atoms with van der Waals surface area (Å²) >= 11 is 0. The van der Waals surface area contributed by atoms with Gasteiger partial charge in [-0.15, -0.1) is 0 Å². The van der Waals surface area contributed by atoms with Crippen LogP contribution in [-0.2, 0) is 29.0 Å². The summed E-state index contributed by atoms with van der Waals surface area (Å²) in [7, 11) is -2.03. The summed E-state index contributed by atoms with van der Waals surface area (Å²) in [5, 5.41) is 5.69. The molecule has 176 valence electrons. The molecule has 3 rings (SSSR count). The van der Waals surface area contributed by atoms with Crippen LogP contribution in [-0.4, -0.2) is 70.7 Å². The standard InChI is InChI=1S/C22H31N3O6S/c1-31-15-20(27)24-22(11-6-3-7-12-22)21(28)23-16-10-13-25(14-18(16)26)17-8-4-5-9-19(17)32(2,29)30/h4-5,8-9,16H,3,6-7,10-15H2,1-2H3,(H,23,28)(H,24,27). The Bertz CT molecular complexity index is 972. The van der Waals surface area contributed by atoms with E-state index in [-0.39, 0.29) is 35.6 Å². The van der Waals surface area contributed by atoms with Gasteiger partial charge in [0.05, 0.1) is 23.2 Å². The monoisotopic (exact) mass is 465 g/mol. The summed E-state index contributed by atoms with van der Waals surface area (Å²) < 4.78 is 29.1. The molecule has 1 unspecified atom stereocenters. The number of sulfone groups is 1. The first-order valence-electron chi connectivity index (χ1n) is 10.8. The highest BCUT2D eigenvalue weighted by molar-refractivity contribution is 7.90. The molecular formula is C22H31N3O6S. The maximum Gasteiger partial charge on any atom is 0.246 e. The molecule has 1 aliphatic heterocycles. The molecule has 32 heavy (non-hydrogen) atoms. The van der Waals surface area contributed by atoms with Gasteiger partial charge in [-0.3, -0.25) is 14.4 Å². The van der Waals surface area contributed by atoms with Crippen molar-refractivity contribution in [1.29, 1.82) is 0 Å². The third-order valence-corrected chi connectivity index (χ3v) is 7.27. The van der Waals surface area contributed by atoms with E-state index in [1.807, 2.05) is 0 Å². The highest BCUT2D eigenvalue weighted by Gasteiger charge is 2.42. The lowest BCUT2D eigenvalue weighted by molar-refractivity contribution is -0.138. The molecule has 1 aromatic carbocycles. The number of nitrogens with zero attached hydrogens (tertiary/aromatic N) is 1. The van der Waals surface area contributed by atoms with Crippen molar-refractivity contribution in [3.63, 3.8) is 0 Å². The number of para-hydroxylation sites is 1. The van der Waals surface area contributed by atoms with E-state index in [0.29, 0.717) is 31.5 Å². The van der Waals surface area contributed by atoms with Crippen LogP contribution < -0.4 is 15.5 Å². The molecule has 10 heteroatoms. The molecule has 2 fully saturated rings. The molecular weight excluding hydrogens is 434 g/mol. The largest absolute Gasteiger partial charge is 0.375 e. The molecule has 0 aromatic heterocycles. The number of anilines is 1. The second-order valence-corrected chi connectivity index (χ2v) is 10.6. The van der Waals surface area contributed by atoms with Crippen LogP contribution in [0.2, 0.25) is 0 Å². The van der Waals surface area contributed by atoms with E-state index >= 15 is 0 Å². The summed E-state index contributed by atoms with van der Waals surface area (Å²) in [6, 6.07) is 5.92. The van der Waals surface area contributed by atoms with Gasteiger partial charge in [-0.1, -0.05) is 31.4 Å². The van der Waals surface area contributed by atoms with Crippen molar-refractivity contribution >= 4 is 33.1 Å². The normalized spacial score (nSPS) is 21.1. The molecule has 2 aliphatic rings. The predicted molar refractivity (Wildman–Crippen MR) is 119 cm³/mol. The molecule has 1 saturated carbocycles. The fraction of sp³-hybridized carbons (Fsp3) is 0.591. The quantitative estimate of drug-likeness (QED) is 0.611. The zero-order valence-electron chi connectivity index (χ0n) is 18.6. The highest BCUT2D eigenvalue weighted by Crippen LogP contribution is 2.30. The Kier molecular flexibility index (Phi) is 7.55. The Labute approximate surface area is 188 Å². The number of hydrogen-bond donors (Lipinski definition) is 2. The van der Waals surface area contributed by atoms with E-state index in [4.69, 9.17) is 4.74 Å². The molecule has 2 amide bonds. The van der Waals surface area contributed by atoms with Gasteiger partial charge in [-0.05, 0) is 31.4 Å². The van der Waals surface area contributed by atoms with Gasteiger partial charge >= 0.3 is 0 Å². The lowest BCUT2D eigenvalue weighted by atomic mass is 9.80. The number of carbonyl (C=O) groups excluding carboxylic acids is 3. The molecule has 9 nitrogen and oxygen atoms in total. The Morgan fingerprint density at radius 2 is 1.88 bits per heavy atom. The van der Waals surface area contributed by atoms with E-state index in [1.54, 1.807) is 23.1 Å². The van der Waals surface area contributed by atoms with Gasteiger partial charge < -0.3 is 20.3 Å². The van der Waals surface area contributed by atoms with Crippen molar-refractivity contribution in [2.24, 2.45) is 0 Å². The fourth-order valence-electron chi connectivity index (χ4n) is 4.51. The number of ether oxygens (including phenoxy) is 1. The Morgan fingerprint density at radius 3 is 2.50 bits per heavy atom. The topological polar surface area (TPSA) is 122 Å². The van der Waals surface area contributed by atoms with Crippen LogP contribution >= 0.6 is 0 Å². The van der Waals surface area contributed by atoms with E-state index in [2.05, 4.69) is 10.6 Å². The lowest BCUT2D eigenvalue weighted by Gasteiger charge is -2.39. The van der Waals surface area contributed by atoms with Crippen molar-refractivity contribution in [2.45, 2.75) is 55.0 Å². The average Bonchev–Trinajstić information content (AvgIpc) is 2.75. The van der Waals surface area contributed by atoms with Crippen molar-refractivity contribution in [2.75, 3.05) is 38.0 Å². The van der Waals surface area contributed by atoms with Gasteiger partial charge in [0.2, 0.25) is 11.8 Å². The van der Waals surface area contributed by atoms with E-state index in [9.17, 15) is 22.8 Å². The van der Waals surface area contributed by atoms with Crippen molar-refractivity contribution in [3.05, 3.63) is 24.3 Å². The number of methoxy groups -OCH3 is 1. The molecule has 1 heterocycles. The van der Waals surface area contributed by atoms with Crippen LogP contribution in [0.3, 0.4) is 0 Å². The third kappa shape index (κ3) is 5.47. The van der Waals surface area contributed by atoms with Crippen molar-refractivity contribution < 1.29 is 27.5 Å². The Hall–Kier alpha value is -2.46. The number of carbonyl (C=O) groups is 3. The van der Waals surface area contributed by atoms with Crippen LogP contribution in [0.1, 0.15) is 38.5 Å². The Morgan fingerprint density at radius 1 is 1.19 bits per heavy atom. The number of hydrogen-bond acceptors (Lipinski definition) is 7. The number of amides is 2. The summed E-state index contributed by atoms with van der Waals surface area (Å²) in [6.07, 6.45) is 5.15. The van der Waals surface area contributed by atoms with Crippen LogP contribution in [0.25, 0.3) is 0 Å². The smallest absolute Gasteiger partial charge is 0.246 e. The van der Waals surface area contributed by atoms with Crippen LogP contribution in [0.15, 0.2) is 29.2 Å². The minimum absolute atomic E-state index is 0.000510. The minimum atomic E-state index is -3.44. The van der Waals surface area contributed by atoms with Gasteiger partial charge in [0.1, 0.15) is 12.1 Å². The van der Waals surface area contributed by atoms with Gasteiger partial charge in [0, 0.05) is 19.9 Å². The first-order chi connectivity index (χ1) is 15.2. The summed E-state index contributed by atoms with van der Waals surface area (Å²) in [5.41, 5.74) is -0.544. The van der Waals surface area contributed by atoms with E-state index < -0.39 is 21.4 Å². The predicted octanol–water partition coefficient (Wildman–Crippen LogP) is 0.820. The van der Waals surface area contributed by atoms with Gasteiger partial charge in [-0.2, -0.15) is 0 Å². The molecule has 1 aliphatic carbocycles. The molecule has 2 N–H and O–H groups in total. The van der Waals surface area contributed by atoms with Crippen LogP contribution in [0, 0.1) is 0 Å². The number of ketones is 1. The van der Waals surface area contributed by atoms with E-state index in [1.165, 1.54) is 13.2 Å². The molecule has 1 atom stereocenters. The average molecular weight is 466 g/mol. The van der Waals surface area contributed by atoms with Crippen LogP contribution in [0.4, 0.5) is 5.69 Å². The minimum Gasteiger partial charge on any atom is -0.375 e. The second-order valence-electron chi connectivity index (χ2n) is 8.57. The highest BCUT2D eigenvalue weighted by atomic mass is 32.2. The number of nitrogens with one attached hydrogen (secondary N) is 2. The maximum atomic E-state index is 13.2. The zero-order valence-corrected chi connectivity index (χ0v) is 19.4. The molecule has 1 aromatic rings. The third-order valence-electron chi connectivity index (χ3n) is 6.13. The summed E-state index contributed by atoms with van der Waals surface area (Å²) in [5.74, 6) is -0.893. The SMILES string of the molecule is COCC(=O)NC1(C(=O)NC2CCN(c3ccccc3S(C)(=O)=O)CC2=O)CCCCC1. The van der Waals surface area contributed by atoms with Crippen molar-refractivity contribution in [1.82, 2.24) is 10.6 Å². The second kappa shape index (κ2) is 9.99. The first-order valence-corrected chi connectivity index (χ1v) is 12.7. The maximum absolute atomic E-state index is 13.2. The van der Waals surface area contributed by atoms with E-state index in [0.717, 1.165) is 25.5 Å². The fourth-order valence-corrected chi connectivity index (χ4v) is 5.41. The van der Waals surface area contributed by atoms with Gasteiger partial charge in [0.15, 0.2) is 15.6 Å². The molecule has 0 radical (unpaired) electrons. The number of rotatable bonds is 7. The molecule has 0 bridgehead atoms. The lowest BCUT2D eigenvalue weighted by Crippen LogP contribution is -2.63. The van der Waals surface area contributed by atoms with Crippen LogP contribution in [0.5, 0.6) is 0 Å².